The molecule has 2 heterocycles. The lowest BCUT2D eigenvalue weighted by atomic mass is 10.2. The molecule has 0 aliphatic carbocycles. The fraction of sp³-hybridized carbons (Fsp3) is 0.111. The number of amides is 1. The van der Waals surface area contributed by atoms with E-state index in [1.165, 1.54) is 23.0 Å². The Labute approximate surface area is 156 Å². The van der Waals surface area contributed by atoms with Crippen molar-refractivity contribution < 1.29 is 18.7 Å². The van der Waals surface area contributed by atoms with Crippen LogP contribution in [0.4, 0.5) is 10.1 Å². The van der Waals surface area contributed by atoms with Gasteiger partial charge in [-0.05, 0) is 34.1 Å². The molecule has 0 unspecified atom stereocenters. The van der Waals surface area contributed by atoms with Crippen molar-refractivity contribution in [3.05, 3.63) is 64.6 Å². The monoisotopic (exact) mass is 417 g/mol. The second kappa shape index (κ2) is 6.80. The summed E-state index contributed by atoms with van der Waals surface area (Å²) < 4.78 is 26.8. The van der Waals surface area contributed by atoms with Gasteiger partial charge < -0.3 is 14.8 Å². The van der Waals surface area contributed by atoms with Crippen LogP contribution < -0.4 is 14.8 Å². The maximum absolute atomic E-state index is 13.9. The Balaban J connectivity index is 1.57. The van der Waals surface area contributed by atoms with Gasteiger partial charge in [0, 0.05) is 22.8 Å². The Bertz CT molecular complexity index is 990. The number of hydrogen-bond acceptors (Lipinski definition) is 4. The number of carbonyl (C=O) groups excluding carboxylic acids is 1. The van der Waals surface area contributed by atoms with Gasteiger partial charge in [-0.1, -0.05) is 12.1 Å². The van der Waals surface area contributed by atoms with Crippen LogP contribution in [0, 0.1) is 5.82 Å². The van der Waals surface area contributed by atoms with Gasteiger partial charge in [-0.3, -0.25) is 4.79 Å². The Kier molecular flexibility index (Phi) is 4.34. The van der Waals surface area contributed by atoms with E-state index in [4.69, 9.17) is 9.47 Å². The van der Waals surface area contributed by atoms with Crippen LogP contribution in [0.1, 0.15) is 10.5 Å². The summed E-state index contributed by atoms with van der Waals surface area (Å²) in [6, 6.07) is 11.2. The van der Waals surface area contributed by atoms with Crippen molar-refractivity contribution in [3.63, 3.8) is 0 Å². The number of anilines is 1. The zero-order chi connectivity index (χ0) is 18.1. The largest absolute Gasteiger partial charge is 0.486 e. The number of para-hydroxylation sites is 1. The summed E-state index contributed by atoms with van der Waals surface area (Å²) in [7, 11) is 0. The number of ether oxygens (including phenoxy) is 2. The molecule has 8 heteroatoms. The van der Waals surface area contributed by atoms with Crippen LogP contribution in [0.5, 0.6) is 11.5 Å². The van der Waals surface area contributed by atoms with Crippen LogP contribution in [-0.4, -0.2) is 28.9 Å². The molecule has 0 atom stereocenters. The molecule has 2 aromatic carbocycles. The third-order valence-electron chi connectivity index (χ3n) is 3.80. The lowest BCUT2D eigenvalue weighted by Crippen LogP contribution is -2.17. The molecule has 4 rings (SSSR count). The van der Waals surface area contributed by atoms with Gasteiger partial charge in [0.1, 0.15) is 24.7 Å². The zero-order valence-electron chi connectivity index (χ0n) is 13.4. The fourth-order valence-electron chi connectivity index (χ4n) is 2.56. The van der Waals surface area contributed by atoms with E-state index in [1.807, 2.05) is 0 Å². The average molecular weight is 418 g/mol. The highest BCUT2D eigenvalue weighted by Crippen LogP contribution is 2.38. The van der Waals surface area contributed by atoms with Crippen molar-refractivity contribution in [2.24, 2.45) is 0 Å². The summed E-state index contributed by atoms with van der Waals surface area (Å²) in [5.41, 5.74) is 0.960. The van der Waals surface area contributed by atoms with Crippen LogP contribution in [0.25, 0.3) is 5.69 Å². The van der Waals surface area contributed by atoms with Crippen molar-refractivity contribution in [2.45, 2.75) is 0 Å². The molecule has 0 saturated carbocycles. The molecule has 0 saturated heterocycles. The number of aromatic nitrogens is 2. The summed E-state index contributed by atoms with van der Waals surface area (Å²) in [6.07, 6.45) is 1.53. The molecule has 6 nitrogen and oxygen atoms in total. The molecule has 1 aromatic heterocycles. The van der Waals surface area contributed by atoms with Crippen molar-refractivity contribution in [3.8, 4) is 17.2 Å². The highest BCUT2D eigenvalue weighted by Gasteiger charge is 2.18. The topological polar surface area (TPSA) is 65.4 Å². The van der Waals surface area contributed by atoms with Gasteiger partial charge in [-0.15, -0.1) is 0 Å². The van der Waals surface area contributed by atoms with Crippen LogP contribution in [0.15, 0.2) is 53.1 Å². The van der Waals surface area contributed by atoms with E-state index < -0.39 is 11.7 Å². The van der Waals surface area contributed by atoms with Gasteiger partial charge >= 0.3 is 0 Å². The SMILES string of the molecule is O=C(Nc1cc2c(cc1Br)OCCO2)c1ccn(-c2ccccc2F)n1. The lowest BCUT2D eigenvalue weighted by molar-refractivity contribution is 0.102. The van der Waals surface area contributed by atoms with E-state index in [1.54, 1.807) is 30.3 Å². The Hall–Kier alpha value is -2.87. The van der Waals surface area contributed by atoms with E-state index in [2.05, 4.69) is 26.3 Å². The minimum Gasteiger partial charge on any atom is -0.486 e. The second-order valence-corrected chi connectivity index (χ2v) is 6.38. The van der Waals surface area contributed by atoms with E-state index >= 15 is 0 Å². The average Bonchev–Trinajstić information content (AvgIpc) is 3.13. The fourth-order valence-corrected chi connectivity index (χ4v) is 2.98. The molecule has 1 amide bonds. The first-order chi connectivity index (χ1) is 12.6. The molecule has 132 valence electrons. The molecule has 0 bridgehead atoms. The normalized spacial score (nSPS) is 12.7. The van der Waals surface area contributed by atoms with Crippen molar-refractivity contribution in [2.75, 3.05) is 18.5 Å². The number of hydrogen-bond donors (Lipinski definition) is 1. The number of nitrogens with zero attached hydrogens (tertiary/aromatic N) is 2. The van der Waals surface area contributed by atoms with Gasteiger partial charge in [0.15, 0.2) is 17.2 Å². The number of benzene rings is 2. The van der Waals surface area contributed by atoms with E-state index in [-0.39, 0.29) is 11.4 Å². The summed E-state index contributed by atoms with van der Waals surface area (Å²) in [6.45, 7) is 0.938. The minimum atomic E-state index is -0.419. The predicted molar refractivity (Wildman–Crippen MR) is 96.6 cm³/mol. The molecule has 1 aliphatic rings. The molecule has 0 radical (unpaired) electrons. The summed E-state index contributed by atoms with van der Waals surface area (Å²) in [5, 5.41) is 6.91. The van der Waals surface area contributed by atoms with E-state index in [0.717, 1.165) is 0 Å². The molecule has 0 fully saturated rings. The van der Waals surface area contributed by atoms with Gasteiger partial charge in [0.05, 0.1) is 5.69 Å². The quantitative estimate of drug-likeness (QED) is 0.703. The van der Waals surface area contributed by atoms with Gasteiger partial charge in [-0.2, -0.15) is 5.10 Å². The van der Waals surface area contributed by atoms with E-state index in [9.17, 15) is 9.18 Å². The second-order valence-electron chi connectivity index (χ2n) is 5.53. The third kappa shape index (κ3) is 3.15. The van der Waals surface area contributed by atoms with Crippen LogP contribution in [0.2, 0.25) is 0 Å². The maximum atomic E-state index is 13.9. The number of halogens is 2. The maximum Gasteiger partial charge on any atom is 0.276 e. The summed E-state index contributed by atoms with van der Waals surface area (Å²) >= 11 is 3.40. The van der Waals surface area contributed by atoms with Gasteiger partial charge in [0.25, 0.3) is 5.91 Å². The third-order valence-corrected chi connectivity index (χ3v) is 4.46. The molecule has 1 aliphatic heterocycles. The zero-order valence-corrected chi connectivity index (χ0v) is 15.0. The molecule has 3 aromatic rings. The highest BCUT2D eigenvalue weighted by atomic mass is 79.9. The number of nitrogens with one attached hydrogen (secondary N) is 1. The van der Waals surface area contributed by atoms with Crippen LogP contribution >= 0.6 is 15.9 Å². The Morgan fingerprint density at radius 1 is 1.15 bits per heavy atom. The van der Waals surface area contributed by atoms with Gasteiger partial charge in [-0.25, -0.2) is 9.07 Å². The van der Waals surface area contributed by atoms with Gasteiger partial charge in [0.2, 0.25) is 0 Å². The number of fused-ring (bicyclic) bond motifs is 1. The number of rotatable bonds is 3. The van der Waals surface area contributed by atoms with Crippen molar-refractivity contribution >= 4 is 27.5 Å². The van der Waals surface area contributed by atoms with E-state index in [0.29, 0.717) is 34.9 Å². The molecular weight excluding hydrogens is 405 g/mol. The number of carbonyl (C=O) groups is 1. The van der Waals surface area contributed by atoms with Crippen LogP contribution in [-0.2, 0) is 0 Å². The standard InChI is InChI=1S/C18H13BrFN3O3/c19-11-9-16-17(26-8-7-25-16)10-14(11)21-18(24)13-5-6-23(22-13)15-4-2-1-3-12(15)20/h1-6,9-10H,7-8H2,(H,21,24). The van der Waals surface area contributed by atoms with Crippen molar-refractivity contribution in [1.82, 2.24) is 9.78 Å². The molecule has 26 heavy (non-hydrogen) atoms. The molecular formula is C18H13BrFN3O3. The Morgan fingerprint density at radius 2 is 1.88 bits per heavy atom. The molecule has 0 spiro atoms. The molecule has 1 N–H and O–H groups in total. The lowest BCUT2D eigenvalue weighted by Gasteiger charge is -2.20. The first-order valence-electron chi connectivity index (χ1n) is 7.83. The van der Waals surface area contributed by atoms with Crippen molar-refractivity contribution in [1.29, 1.82) is 0 Å². The first-order valence-corrected chi connectivity index (χ1v) is 8.62. The van der Waals surface area contributed by atoms with Crippen LogP contribution in [0.3, 0.4) is 0 Å². The summed E-state index contributed by atoms with van der Waals surface area (Å²) in [5.74, 6) is 0.339. The summed E-state index contributed by atoms with van der Waals surface area (Å²) in [4.78, 5) is 12.5. The highest BCUT2D eigenvalue weighted by molar-refractivity contribution is 9.10. The first kappa shape index (κ1) is 16.6. The Morgan fingerprint density at radius 3 is 2.65 bits per heavy atom. The predicted octanol–water partition coefficient (Wildman–Crippen LogP) is 3.80. The minimum absolute atomic E-state index is 0.162. The smallest absolute Gasteiger partial charge is 0.276 e.